The van der Waals surface area contributed by atoms with Gasteiger partial charge in [-0.05, 0) is 36.4 Å². The number of carbonyl (C=O) groups excluding carboxylic acids is 2. The lowest BCUT2D eigenvalue weighted by Gasteiger charge is -2.07. The van der Waals surface area contributed by atoms with E-state index in [4.69, 9.17) is 10.8 Å². The first-order chi connectivity index (χ1) is 10.4. The number of carboxylic acid groups (broad SMARTS) is 1. The van der Waals surface area contributed by atoms with Gasteiger partial charge in [0, 0.05) is 16.8 Å². The van der Waals surface area contributed by atoms with Gasteiger partial charge in [0.15, 0.2) is 0 Å². The van der Waals surface area contributed by atoms with Crippen molar-refractivity contribution < 1.29 is 23.9 Å². The number of nitrogens with one attached hydrogen (secondary N) is 1. The number of benzene rings is 2. The maximum atomic E-state index is 13.5. The molecule has 0 saturated heterocycles. The van der Waals surface area contributed by atoms with Crippen LogP contribution < -0.4 is 11.1 Å². The third-order valence-corrected chi connectivity index (χ3v) is 2.87. The summed E-state index contributed by atoms with van der Waals surface area (Å²) in [7, 11) is 0. The van der Waals surface area contributed by atoms with Gasteiger partial charge in [0.1, 0.15) is 5.82 Å². The molecule has 0 saturated carbocycles. The fourth-order valence-corrected chi connectivity index (χ4v) is 1.78. The van der Waals surface area contributed by atoms with E-state index in [0.29, 0.717) is 0 Å². The monoisotopic (exact) mass is 302 g/mol. The number of hydrogen-bond donors (Lipinski definition) is 3. The molecule has 0 radical (unpaired) electrons. The number of nitrogens with two attached hydrogens (primary N) is 1. The maximum Gasteiger partial charge on any atom is 0.338 e. The van der Waals surface area contributed by atoms with Gasteiger partial charge in [-0.2, -0.15) is 0 Å². The van der Waals surface area contributed by atoms with Crippen molar-refractivity contribution in [2.75, 3.05) is 5.32 Å². The van der Waals surface area contributed by atoms with Crippen LogP contribution in [0.3, 0.4) is 0 Å². The van der Waals surface area contributed by atoms with Crippen molar-refractivity contribution in [1.29, 1.82) is 0 Å². The molecule has 2 amide bonds. The average Bonchev–Trinajstić information content (AvgIpc) is 2.47. The van der Waals surface area contributed by atoms with E-state index in [2.05, 4.69) is 5.32 Å². The molecule has 22 heavy (non-hydrogen) atoms. The SMILES string of the molecule is NC(=O)c1cccc(C(=O)Nc2ccc(C(=O)O)c(F)c2)c1. The number of carboxylic acids is 1. The number of aromatic carboxylic acids is 1. The van der Waals surface area contributed by atoms with E-state index in [0.717, 1.165) is 12.1 Å². The van der Waals surface area contributed by atoms with E-state index >= 15 is 0 Å². The quantitative estimate of drug-likeness (QED) is 0.800. The summed E-state index contributed by atoms with van der Waals surface area (Å²) in [6.07, 6.45) is 0. The summed E-state index contributed by atoms with van der Waals surface area (Å²) in [5.74, 6) is -3.61. The van der Waals surface area contributed by atoms with Crippen molar-refractivity contribution in [1.82, 2.24) is 0 Å². The second kappa shape index (κ2) is 6.04. The van der Waals surface area contributed by atoms with E-state index in [1.54, 1.807) is 0 Å². The van der Waals surface area contributed by atoms with Crippen molar-refractivity contribution in [2.45, 2.75) is 0 Å². The molecule has 0 atom stereocenters. The summed E-state index contributed by atoms with van der Waals surface area (Å²) in [6, 6.07) is 8.93. The van der Waals surface area contributed by atoms with Gasteiger partial charge >= 0.3 is 5.97 Å². The van der Waals surface area contributed by atoms with Gasteiger partial charge < -0.3 is 16.2 Å². The highest BCUT2D eigenvalue weighted by atomic mass is 19.1. The van der Waals surface area contributed by atoms with E-state index in [-0.39, 0.29) is 16.8 Å². The lowest BCUT2D eigenvalue weighted by atomic mass is 10.1. The number of rotatable bonds is 4. The Labute approximate surface area is 124 Å². The Morgan fingerprint density at radius 2 is 1.73 bits per heavy atom. The Bertz CT molecular complexity index is 774. The van der Waals surface area contributed by atoms with Crippen LogP contribution in [0.15, 0.2) is 42.5 Å². The van der Waals surface area contributed by atoms with Gasteiger partial charge in [-0.3, -0.25) is 9.59 Å². The second-order valence-corrected chi connectivity index (χ2v) is 4.40. The van der Waals surface area contributed by atoms with Crippen molar-refractivity contribution in [2.24, 2.45) is 5.73 Å². The molecule has 0 aliphatic rings. The Balaban J connectivity index is 2.22. The highest BCUT2D eigenvalue weighted by Crippen LogP contribution is 2.16. The smallest absolute Gasteiger partial charge is 0.338 e. The first kappa shape index (κ1) is 15.2. The van der Waals surface area contributed by atoms with Crippen LogP contribution in [0, 0.1) is 5.82 Å². The molecule has 0 unspecified atom stereocenters. The van der Waals surface area contributed by atoms with Gasteiger partial charge in [0.05, 0.1) is 5.56 Å². The highest BCUT2D eigenvalue weighted by Gasteiger charge is 2.13. The summed E-state index contributed by atoms with van der Waals surface area (Å²) >= 11 is 0. The van der Waals surface area contributed by atoms with Crippen LogP contribution >= 0.6 is 0 Å². The summed E-state index contributed by atoms with van der Waals surface area (Å²) in [5, 5.41) is 11.1. The molecule has 0 aliphatic heterocycles. The van der Waals surface area contributed by atoms with E-state index in [1.807, 2.05) is 0 Å². The molecule has 7 heteroatoms. The minimum absolute atomic E-state index is 0.0944. The molecule has 6 nitrogen and oxygen atoms in total. The third-order valence-electron chi connectivity index (χ3n) is 2.87. The van der Waals surface area contributed by atoms with Crippen LogP contribution in [0.5, 0.6) is 0 Å². The Morgan fingerprint density at radius 3 is 2.32 bits per heavy atom. The van der Waals surface area contributed by atoms with E-state index in [1.165, 1.54) is 30.3 Å². The minimum Gasteiger partial charge on any atom is -0.478 e. The number of anilines is 1. The molecular weight excluding hydrogens is 291 g/mol. The predicted molar refractivity (Wildman–Crippen MR) is 76.3 cm³/mol. The lowest BCUT2D eigenvalue weighted by molar-refractivity contribution is 0.0691. The molecule has 0 aromatic heterocycles. The molecule has 4 N–H and O–H groups in total. The van der Waals surface area contributed by atoms with Crippen LogP contribution in [0.4, 0.5) is 10.1 Å². The number of halogens is 1. The normalized spacial score (nSPS) is 10.0. The van der Waals surface area contributed by atoms with Crippen LogP contribution in [0.1, 0.15) is 31.1 Å². The highest BCUT2D eigenvalue weighted by molar-refractivity contribution is 6.06. The third kappa shape index (κ3) is 3.26. The van der Waals surface area contributed by atoms with Crippen molar-refractivity contribution in [3.8, 4) is 0 Å². The fraction of sp³-hybridized carbons (Fsp3) is 0. The summed E-state index contributed by atoms with van der Waals surface area (Å²) < 4.78 is 13.5. The first-order valence-corrected chi connectivity index (χ1v) is 6.12. The van der Waals surface area contributed by atoms with Gasteiger partial charge in [0.25, 0.3) is 5.91 Å². The summed E-state index contributed by atoms with van der Waals surface area (Å²) in [6.45, 7) is 0. The topological polar surface area (TPSA) is 109 Å². The largest absolute Gasteiger partial charge is 0.478 e. The molecule has 2 aromatic carbocycles. The molecule has 2 rings (SSSR count). The van der Waals surface area contributed by atoms with Crippen LogP contribution in [0.25, 0.3) is 0 Å². The summed E-state index contributed by atoms with van der Waals surface area (Å²) in [4.78, 5) is 33.8. The zero-order chi connectivity index (χ0) is 16.3. The van der Waals surface area contributed by atoms with Gasteiger partial charge in [-0.25, -0.2) is 9.18 Å². The van der Waals surface area contributed by atoms with Gasteiger partial charge in [-0.15, -0.1) is 0 Å². The Kier molecular flexibility index (Phi) is 4.17. The van der Waals surface area contributed by atoms with E-state index < -0.39 is 29.2 Å². The van der Waals surface area contributed by atoms with E-state index in [9.17, 15) is 18.8 Å². The van der Waals surface area contributed by atoms with Gasteiger partial charge in [0.2, 0.25) is 5.91 Å². The maximum absolute atomic E-state index is 13.5. The average molecular weight is 302 g/mol. The molecule has 0 heterocycles. The standard InChI is InChI=1S/C15H11FN2O4/c16-12-7-10(4-5-11(12)15(21)22)18-14(20)9-3-1-2-8(6-9)13(17)19/h1-7H,(H2,17,19)(H,18,20)(H,21,22). The molecule has 0 spiro atoms. The van der Waals surface area contributed by atoms with Crippen molar-refractivity contribution in [3.63, 3.8) is 0 Å². The molecule has 0 bridgehead atoms. The number of carbonyl (C=O) groups is 3. The zero-order valence-corrected chi connectivity index (χ0v) is 11.2. The zero-order valence-electron chi connectivity index (χ0n) is 11.2. The number of hydrogen-bond acceptors (Lipinski definition) is 3. The lowest BCUT2D eigenvalue weighted by Crippen LogP contribution is -2.15. The molecular formula is C15H11FN2O4. The molecule has 112 valence electrons. The molecule has 0 fully saturated rings. The first-order valence-electron chi connectivity index (χ1n) is 6.12. The van der Waals surface area contributed by atoms with Crippen LogP contribution in [0.2, 0.25) is 0 Å². The molecule has 2 aromatic rings. The Morgan fingerprint density at radius 1 is 1.05 bits per heavy atom. The van der Waals surface area contributed by atoms with Crippen LogP contribution in [-0.4, -0.2) is 22.9 Å². The van der Waals surface area contributed by atoms with Crippen LogP contribution in [-0.2, 0) is 0 Å². The van der Waals surface area contributed by atoms with Crippen molar-refractivity contribution in [3.05, 3.63) is 65.0 Å². The van der Waals surface area contributed by atoms with Gasteiger partial charge in [-0.1, -0.05) is 6.07 Å². The minimum atomic E-state index is -1.40. The predicted octanol–water partition coefficient (Wildman–Crippen LogP) is 1.88. The second-order valence-electron chi connectivity index (χ2n) is 4.40. The number of amides is 2. The summed E-state index contributed by atoms with van der Waals surface area (Å²) in [5.41, 5.74) is 5.06. The Hall–Kier alpha value is -3.22. The fourth-order valence-electron chi connectivity index (χ4n) is 1.78. The number of primary amides is 1. The molecule has 0 aliphatic carbocycles. The van der Waals surface area contributed by atoms with Crippen molar-refractivity contribution >= 4 is 23.5 Å².